The van der Waals surface area contributed by atoms with Crippen LogP contribution >= 0.6 is 11.6 Å². The van der Waals surface area contributed by atoms with E-state index in [4.69, 9.17) is 17.3 Å². The molecule has 1 saturated heterocycles. The number of rotatable bonds is 4. The third-order valence-corrected chi connectivity index (χ3v) is 4.49. The number of aromatic nitrogens is 1. The average Bonchev–Trinajstić information content (AvgIpc) is 2.59. The van der Waals surface area contributed by atoms with Crippen LogP contribution in [0.2, 0.25) is 5.02 Å². The second kappa shape index (κ2) is 7.15. The fourth-order valence-corrected chi connectivity index (χ4v) is 3.30. The lowest BCUT2D eigenvalue weighted by atomic mass is 9.96. The van der Waals surface area contributed by atoms with Crippen LogP contribution in [0.3, 0.4) is 0 Å². The summed E-state index contributed by atoms with van der Waals surface area (Å²) in [5.74, 6) is 0.104. The van der Waals surface area contributed by atoms with Gasteiger partial charge in [-0.1, -0.05) is 11.6 Å². The molecule has 0 aliphatic carbocycles. The van der Waals surface area contributed by atoms with E-state index >= 15 is 0 Å². The predicted octanol–water partition coefficient (Wildman–Crippen LogP) is 2.18. The molecule has 1 aliphatic heterocycles. The van der Waals surface area contributed by atoms with E-state index in [1.165, 1.54) is 0 Å². The minimum Gasteiger partial charge on any atom is -0.370 e. The molecule has 6 heteroatoms. The fraction of sp³-hybridized carbons (Fsp3) is 0.412. The third kappa shape index (κ3) is 3.57. The Morgan fingerprint density at radius 1 is 1.43 bits per heavy atom. The van der Waals surface area contributed by atoms with Gasteiger partial charge in [-0.3, -0.25) is 9.78 Å². The maximum Gasteiger partial charge on any atom is 0.224 e. The number of carbonyl (C=O) groups is 1. The minimum absolute atomic E-state index is 0.00538. The molecular weight excluding hydrogens is 312 g/mol. The van der Waals surface area contributed by atoms with Crippen LogP contribution in [-0.4, -0.2) is 37.1 Å². The Bertz CT molecular complexity index is 706. The maximum atomic E-state index is 12.2. The molecule has 0 saturated carbocycles. The number of hydrogen-bond acceptors (Lipinski definition) is 4. The standard InChI is InChI=1S/C17H21ClN4O/c18-13-3-4-14-15(10-13)20-7-5-16(14)22-9-1-2-12(11-22)17(23)21-8-6-19/h3-5,7,10,12H,1-2,6,8-9,11,19H2,(H,21,23). The van der Waals surface area contributed by atoms with Crippen molar-refractivity contribution >= 4 is 34.1 Å². The largest absolute Gasteiger partial charge is 0.370 e. The number of nitrogens with one attached hydrogen (secondary N) is 1. The molecule has 0 spiro atoms. The van der Waals surface area contributed by atoms with Crippen LogP contribution in [0.4, 0.5) is 5.69 Å². The minimum atomic E-state index is 0.00538. The molecule has 3 rings (SSSR count). The molecule has 1 fully saturated rings. The molecule has 3 N–H and O–H groups in total. The number of nitrogens with two attached hydrogens (primary N) is 1. The van der Waals surface area contributed by atoms with Gasteiger partial charge in [-0.05, 0) is 37.1 Å². The summed E-state index contributed by atoms with van der Waals surface area (Å²) in [6, 6.07) is 7.76. The second-order valence-electron chi connectivity index (χ2n) is 5.86. The van der Waals surface area contributed by atoms with E-state index in [1.807, 2.05) is 24.3 Å². The number of pyridine rings is 1. The van der Waals surface area contributed by atoms with Crippen molar-refractivity contribution in [1.82, 2.24) is 10.3 Å². The van der Waals surface area contributed by atoms with E-state index in [2.05, 4.69) is 15.2 Å². The first-order chi connectivity index (χ1) is 11.2. The summed E-state index contributed by atoms with van der Waals surface area (Å²) in [4.78, 5) is 18.9. The Morgan fingerprint density at radius 2 is 2.30 bits per heavy atom. The van der Waals surface area contributed by atoms with Crippen molar-refractivity contribution in [2.45, 2.75) is 12.8 Å². The summed E-state index contributed by atoms with van der Waals surface area (Å²) in [6.45, 7) is 2.67. The van der Waals surface area contributed by atoms with Crippen molar-refractivity contribution in [2.75, 3.05) is 31.1 Å². The first kappa shape index (κ1) is 16.0. The lowest BCUT2D eigenvalue weighted by molar-refractivity contribution is -0.125. The van der Waals surface area contributed by atoms with Gasteiger partial charge in [0.2, 0.25) is 5.91 Å². The number of piperidine rings is 1. The van der Waals surface area contributed by atoms with Gasteiger partial charge in [-0.25, -0.2) is 0 Å². The smallest absolute Gasteiger partial charge is 0.224 e. The number of carbonyl (C=O) groups excluding carboxylic acids is 1. The number of hydrogen-bond donors (Lipinski definition) is 2. The number of fused-ring (bicyclic) bond motifs is 1. The molecule has 5 nitrogen and oxygen atoms in total. The van der Waals surface area contributed by atoms with E-state index in [-0.39, 0.29) is 11.8 Å². The Balaban J connectivity index is 1.83. The van der Waals surface area contributed by atoms with Crippen molar-refractivity contribution in [3.05, 3.63) is 35.5 Å². The summed E-state index contributed by atoms with van der Waals surface area (Å²) in [5.41, 5.74) is 7.45. The van der Waals surface area contributed by atoms with E-state index in [0.29, 0.717) is 18.1 Å². The Morgan fingerprint density at radius 3 is 3.13 bits per heavy atom. The predicted molar refractivity (Wildman–Crippen MR) is 93.8 cm³/mol. The molecule has 2 aromatic rings. The van der Waals surface area contributed by atoms with Gasteiger partial charge >= 0.3 is 0 Å². The normalized spacial score (nSPS) is 18.2. The molecule has 0 bridgehead atoms. The first-order valence-corrected chi connectivity index (χ1v) is 8.34. The molecule has 122 valence electrons. The Hall–Kier alpha value is -1.85. The highest BCUT2D eigenvalue weighted by Gasteiger charge is 2.26. The molecular formula is C17H21ClN4O. The molecule has 1 aromatic heterocycles. The molecule has 1 aromatic carbocycles. The van der Waals surface area contributed by atoms with Crippen LogP contribution in [0.15, 0.2) is 30.5 Å². The van der Waals surface area contributed by atoms with Crippen LogP contribution in [0.25, 0.3) is 10.9 Å². The second-order valence-corrected chi connectivity index (χ2v) is 6.29. The summed E-state index contributed by atoms with van der Waals surface area (Å²) in [5, 5.41) is 4.65. The molecule has 1 unspecified atom stereocenters. The maximum absolute atomic E-state index is 12.2. The third-order valence-electron chi connectivity index (χ3n) is 4.26. The Labute approximate surface area is 140 Å². The molecule has 1 atom stereocenters. The number of benzene rings is 1. The van der Waals surface area contributed by atoms with E-state index in [9.17, 15) is 4.79 Å². The van der Waals surface area contributed by atoms with Crippen LogP contribution in [0, 0.1) is 5.92 Å². The zero-order valence-corrected chi connectivity index (χ0v) is 13.7. The first-order valence-electron chi connectivity index (χ1n) is 7.96. The van der Waals surface area contributed by atoms with Gasteiger partial charge in [0.25, 0.3) is 0 Å². The number of amides is 1. The van der Waals surface area contributed by atoms with Gasteiger partial charge in [0, 0.05) is 48.5 Å². The fourth-order valence-electron chi connectivity index (χ4n) is 3.13. The van der Waals surface area contributed by atoms with Crippen molar-refractivity contribution in [3.63, 3.8) is 0 Å². The summed E-state index contributed by atoms with van der Waals surface area (Å²) < 4.78 is 0. The van der Waals surface area contributed by atoms with Crippen molar-refractivity contribution in [1.29, 1.82) is 0 Å². The van der Waals surface area contributed by atoms with Gasteiger partial charge in [0.15, 0.2) is 0 Å². The number of anilines is 1. The molecule has 0 radical (unpaired) electrons. The van der Waals surface area contributed by atoms with Crippen LogP contribution < -0.4 is 16.0 Å². The molecule has 1 amide bonds. The van der Waals surface area contributed by atoms with Gasteiger partial charge in [0.1, 0.15) is 0 Å². The van der Waals surface area contributed by atoms with Crippen LogP contribution in [0.5, 0.6) is 0 Å². The number of halogens is 1. The highest BCUT2D eigenvalue weighted by atomic mass is 35.5. The van der Waals surface area contributed by atoms with E-state index in [0.717, 1.165) is 42.5 Å². The zero-order valence-electron chi connectivity index (χ0n) is 13.0. The molecule has 2 heterocycles. The topological polar surface area (TPSA) is 71.2 Å². The van der Waals surface area contributed by atoms with Crippen LogP contribution in [-0.2, 0) is 4.79 Å². The quantitative estimate of drug-likeness (QED) is 0.900. The summed E-state index contributed by atoms with van der Waals surface area (Å²) in [7, 11) is 0. The van der Waals surface area contributed by atoms with Crippen molar-refractivity contribution < 1.29 is 4.79 Å². The molecule has 1 aliphatic rings. The van der Waals surface area contributed by atoms with E-state index < -0.39 is 0 Å². The zero-order chi connectivity index (χ0) is 16.2. The van der Waals surface area contributed by atoms with E-state index in [1.54, 1.807) is 6.20 Å². The van der Waals surface area contributed by atoms with Gasteiger partial charge in [0.05, 0.1) is 11.4 Å². The Kier molecular flexibility index (Phi) is 4.98. The highest BCUT2D eigenvalue weighted by molar-refractivity contribution is 6.31. The van der Waals surface area contributed by atoms with Gasteiger partial charge < -0.3 is 16.0 Å². The van der Waals surface area contributed by atoms with Gasteiger partial charge in [-0.15, -0.1) is 0 Å². The molecule has 23 heavy (non-hydrogen) atoms. The lowest BCUT2D eigenvalue weighted by Gasteiger charge is -2.34. The highest BCUT2D eigenvalue weighted by Crippen LogP contribution is 2.30. The lowest BCUT2D eigenvalue weighted by Crippen LogP contribution is -2.44. The average molecular weight is 333 g/mol. The van der Waals surface area contributed by atoms with Crippen LogP contribution in [0.1, 0.15) is 12.8 Å². The van der Waals surface area contributed by atoms with Crippen molar-refractivity contribution in [2.24, 2.45) is 11.7 Å². The summed E-state index contributed by atoms with van der Waals surface area (Å²) in [6.07, 6.45) is 3.71. The van der Waals surface area contributed by atoms with Crippen molar-refractivity contribution in [3.8, 4) is 0 Å². The summed E-state index contributed by atoms with van der Waals surface area (Å²) >= 11 is 6.05. The number of nitrogens with zero attached hydrogens (tertiary/aromatic N) is 2. The van der Waals surface area contributed by atoms with Gasteiger partial charge in [-0.2, -0.15) is 0 Å². The monoisotopic (exact) mass is 332 g/mol. The SMILES string of the molecule is NCCNC(=O)C1CCCN(c2ccnc3cc(Cl)ccc23)C1.